The topological polar surface area (TPSA) is 0 Å². The van der Waals surface area contributed by atoms with Crippen LogP contribution in [0.3, 0.4) is 0 Å². The summed E-state index contributed by atoms with van der Waals surface area (Å²) >= 11 is 1.46. The van der Waals surface area contributed by atoms with Gasteiger partial charge in [-0.05, 0) is 10.8 Å². The zero-order chi connectivity index (χ0) is 23.6. The number of allylic oxidation sites excluding steroid dienone is 8. The zero-order valence-corrected chi connectivity index (χ0v) is 25.2. The number of halogens is 2. The van der Waals surface area contributed by atoms with Crippen molar-refractivity contribution >= 4 is 3.21 Å². The molecule has 0 amide bonds. The van der Waals surface area contributed by atoms with E-state index in [1.807, 2.05) is 0 Å². The Kier molecular flexibility index (Phi) is 15.1. The van der Waals surface area contributed by atoms with Crippen molar-refractivity contribution in [3.05, 3.63) is 119 Å². The second-order valence-electron chi connectivity index (χ2n) is 10.0. The van der Waals surface area contributed by atoms with Crippen molar-refractivity contribution in [2.24, 2.45) is 10.8 Å². The van der Waals surface area contributed by atoms with Gasteiger partial charge in [-0.3, -0.25) is 12.2 Å². The SMILES string of the molecule is CC(C)(C)C1=[C-]CC=C1.CC(C)(C)C1=[C-]CC=C1.[Cl-].[Cl-].[Zr+2]=[C](c1ccccc1)c1ccccc1. The maximum atomic E-state index is 3.30. The van der Waals surface area contributed by atoms with Crippen LogP contribution in [0.25, 0.3) is 0 Å². The third-order valence-corrected chi connectivity index (χ3v) is 6.55. The van der Waals surface area contributed by atoms with Crippen LogP contribution in [0, 0.1) is 23.0 Å². The molecule has 0 heterocycles. The van der Waals surface area contributed by atoms with Gasteiger partial charge in [0.15, 0.2) is 0 Å². The minimum absolute atomic E-state index is 0. The molecule has 0 spiro atoms. The summed E-state index contributed by atoms with van der Waals surface area (Å²) in [6, 6.07) is 21.1. The summed E-state index contributed by atoms with van der Waals surface area (Å²) in [5, 5.41) is 0. The van der Waals surface area contributed by atoms with Crippen LogP contribution in [0.4, 0.5) is 0 Å². The van der Waals surface area contributed by atoms with Crippen LogP contribution < -0.4 is 24.8 Å². The fourth-order valence-corrected chi connectivity index (χ4v) is 4.04. The third-order valence-electron chi connectivity index (χ3n) is 5.13. The number of hydrogen-bond acceptors (Lipinski definition) is 0. The average molecular weight is 571 g/mol. The molecule has 0 aromatic heterocycles. The van der Waals surface area contributed by atoms with Crippen LogP contribution in [-0.4, -0.2) is 3.21 Å². The summed E-state index contributed by atoms with van der Waals surface area (Å²) < 4.78 is 1.42. The van der Waals surface area contributed by atoms with Crippen molar-refractivity contribution in [3.63, 3.8) is 0 Å². The van der Waals surface area contributed by atoms with E-state index < -0.39 is 0 Å². The summed E-state index contributed by atoms with van der Waals surface area (Å²) in [6.45, 7) is 13.3. The fourth-order valence-electron chi connectivity index (χ4n) is 3.22. The molecule has 0 unspecified atom stereocenters. The zero-order valence-electron chi connectivity index (χ0n) is 21.3. The summed E-state index contributed by atoms with van der Waals surface area (Å²) in [4.78, 5) is 0. The molecule has 0 aliphatic heterocycles. The van der Waals surface area contributed by atoms with Gasteiger partial charge in [0.05, 0.1) is 0 Å². The molecule has 0 nitrogen and oxygen atoms in total. The summed E-state index contributed by atoms with van der Waals surface area (Å²) in [5.74, 6) is 0. The predicted octanol–water partition coefficient (Wildman–Crippen LogP) is 2.25. The molecule has 0 fully saturated rings. The van der Waals surface area contributed by atoms with Gasteiger partial charge in [-0.25, -0.2) is 23.3 Å². The molecule has 2 aliphatic carbocycles. The van der Waals surface area contributed by atoms with Crippen molar-refractivity contribution in [1.29, 1.82) is 0 Å². The molecule has 0 radical (unpaired) electrons. The number of hydrogen-bond donors (Lipinski definition) is 0. The van der Waals surface area contributed by atoms with E-state index in [2.05, 4.69) is 139 Å². The Balaban J connectivity index is 0.000000485. The van der Waals surface area contributed by atoms with Gasteiger partial charge in [-0.1, -0.05) is 41.5 Å². The molecular weight excluding hydrogens is 534 g/mol. The van der Waals surface area contributed by atoms with E-state index in [0.717, 1.165) is 12.8 Å². The number of rotatable bonds is 2. The second-order valence-corrected chi connectivity index (χ2v) is 11.2. The maximum absolute atomic E-state index is 3.30. The van der Waals surface area contributed by atoms with Crippen molar-refractivity contribution in [3.8, 4) is 0 Å². The fraction of sp³-hybridized carbons (Fsp3) is 0.323. The minimum atomic E-state index is 0. The molecule has 0 N–H and O–H groups in total. The molecule has 2 aliphatic rings. The molecule has 34 heavy (non-hydrogen) atoms. The van der Waals surface area contributed by atoms with Crippen LogP contribution in [-0.2, 0) is 24.2 Å². The van der Waals surface area contributed by atoms with E-state index >= 15 is 0 Å². The van der Waals surface area contributed by atoms with E-state index in [9.17, 15) is 0 Å². The van der Waals surface area contributed by atoms with Crippen LogP contribution >= 0.6 is 0 Å². The van der Waals surface area contributed by atoms with Gasteiger partial charge < -0.3 is 24.8 Å². The molecule has 2 aromatic rings. The van der Waals surface area contributed by atoms with Gasteiger partial charge >= 0.3 is 99.2 Å². The van der Waals surface area contributed by atoms with Crippen molar-refractivity contribution in [1.82, 2.24) is 0 Å². The van der Waals surface area contributed by atoms with Crippen LogP contribution in [0.15, 0.2) is 96.1 Å². The summed E-state index contributed by atoms with van der Waals surface area (Å²) in [7, 11) is 0. The summed E-state index contributed by atoms with van der Waals surface area (Å²) in [5.41, 5.74) is 5.96. The van der Waals surface area contributed by atoms with E-state index in [1.54, 1.807) is 0 Å². The first-order valence-electron chi connectivity index (χ1n) is 11.3. The molecular formula is C31H36Cl2Zr-2. The predicted molar refractivity (Wildman–Crippen MR) is 136 cm³/mol. The Labute approximate surface area is 235 Å². The molecule has 2 aromatic carbocycles. The van der Waals surface area contributed by atoms with Gasteiger partial charge in [-0.15, -0.1) is 12.8 Å². The Morgan fingerprint density at radius 1 is 0.618 bits per heavy atom. The Morgan fingerprint density at radius 3 is 1.15 bits per heavy atom. The first-order chi connectivity index (χ1) is 15.1. The van der Waals surface area contributed by atoms with Gasteiger partial charge in [-0.2, -0.15) is 12.2 Å². The first-order valence-corrected chi connectivity index (χ1v) is 12.6. The summed E-state index contributed by atoms with van der Waals surface area (Å²) in [6.07, 6.45) is 17.3. The Morgan fingerprint density at radius 2 is 0.941 bits per heavy atom. The number of benzene rings is 2. The van der Waals surface area contributed by atoms with Crippen molar-refractivity contribution in [2.45, 2.75) is 54.4 Å². The second kappa shape index (κ2) is 15.7. The Bertz CT molecular complexity index is 902. The first kappa shape index (κ1) is 32.7. The van der Waals surface area contributed by atoms with Gasteiger partial charge in [0.2, 0.25) is 0 Å². The molecule has 3 heteroatoms. The van der Waals surface area contributed by atoms with Crippen molar-refractivity contribution < 1.29 is 49.0 Å². The van der Waals surface area contributed by atoms with Crippen LogP contribution in [0.2, 0.25) is 0 Å². The third kappa shape index (κ3) is 11.4. The van der Waals surface area contributed by atoms with Crippen LogP contribution in [0.1, 0.15) is 65.5 Å². The quantitative estimate of drug-likeness (QED) is 0.487. The van der Waals surface area contributed by atoms with Gasteiger partial charge in [0, 0.05) is 0 Å². The Hall–Kier alpha value is -1.27. The van der Waals surface area contributed by atoms with E-state index in [1.165, 1.54) is 49.7 Å². The monoisotopic (exact) mass is 568 g/mol. The molecule has 0 saturated carbocycles. The van der Waals surface area contributed by atoms with E-state index in [-0.39, 0.29) is 24.8 Å². The van der Waals surface area contributed by atoms with Crippen LogP contribution in [0.5, 0.6) is 0 Å². The van der Waals surface area contributed by atoms with Gasteiger partial charge in [0.1, 0.15) is 0 Å². The molecule has 0 saturated heterocycles. The molecule has 180 valence electrons. The van der Waals surface area contributed by atoms with Crippen molar-refractivity contribution in [2.75, 3.05) is 0 Å². The molecule has 0 bridgehead atoms. The standard InChI is InChI=1S/C13H10.2C9H13.2ClH.Zr/c1-3-7-12(8-4-1)11-13-9-5-2-6-10-13;2*1-9(2,3)8-6-4-5-7-8;;;/h1-10H;2*4,6H,5H2,1-3H3;2*1H;/q;2*-1;;;+2/p-2. The molecule has 4 rings (SSSR count). The average Bonchev–Trinajstić information content (AvgIpc) is 3.49. The van der Waals surface area contributed by atoms with E-state index in [4.69, 9.17) is 0 Å². The normalized spacial score (nSPS) is 13.8. The molecule has 0 atom stereocenters. The van der Waals surface area contributed by atoms with E-state index in [0.29, 0.717) is 10.8 Å². The van der Waals surface area contributed by atoms with Gasteiger partial charge in [0.25, 0.3) is 0 Å².